The first-order chi connectivity index (χ1) is 25.6. The number of hydrogen-bond acceptors (Lipinski definition) is 6. The number of unbranched alkanes of at least 4 members (excludes halogenated alkanes) is 18. The average molecular weight is 751 g/mol. The first-order valence-electron chi connectivity index (χ1n) is 23.3. The third kappa shape index (κ3) is 35.0. The highest BCUT2D eigenvalue weighted by molar-refractivity contribution is 5.69. The van der Waals surface area contributed by atoms with Crippen LogP contribution in [0.2, 0.25) is 0 Å². The molecule has 0 aliphatic carbocycles. The topological polar surface area (TPSA) is 59.1 Å². The molecule has 0 bridgehead atoms. The van der Waals surface area contributed by atoms with Gasteiger partial charge in [0.15, 0.2) is 0 Å². The van der Waals surface area contributed by atoms with Crippen LogP contribution < -0.4 is 0 Å². The lowest BCUT2D eigenvalue weighted by Crippen LogP contribution is -2.30. The maximum atomic E-state index is 12.3. The SMILES string of the molecule is C.CCCCCCCCCCCOC(=O)CCCCCN(CCCCCCCC(=O)OCCCC(CCCCC)CCCCC)CCCN1CCCC1. The van der Waals surface area contributed by atoms with Crippen LogP contribution in [-0.4, -0.2) is 74.2 Å². The van der Waals surface area contributed by atoms with Crippen LogP contribution in [0.4, 0.5) is 0 Å². The molecule has 0 atom stereocenters. The highest BCUT2D eigenvalue weighted by Gasteiger charge is 2.13. The molecule has 6 nitrogen and oxygen atoms in total. The van der Waals surface area contributed by atoms with Crippen LogP contribution >= 0.6 is 0 Å². The molecule has 1 heterocycles. The van der Waals surface area contributed by atoms with Gasteiger partial charge in [0.1, 0.15) is 0 Å². The fourth-order valence-corrected chi connectivity index (χ4v) is 7.88. The lowest BCUT2D eigenvalue weighted by molar-refractivity contribution is -0.144. The predicted octanol–water partition coefficient (Wildman–Crippen LogP) is 13.5. The summed E-state index contributed by atoms with van der Waals surface area (Å²) in [5.41, 5.74) is 0. The molecule has 1 saturated heterocycles. The van der Waals surface area contributed by atoms with Gasteiger partial charge >= 0.3 is 11.9 Å². The van der Waals surface area contributed by atoms with Crippen molar-refractivity contribution in [2.45, 2.75) is 234 Å². The molecule has 0 spiro atoms. The molecule has 1 rings (SSSR count). The van der Waals surface area contributed by atoms with Gasteiger partial charge in [-0.2, -0.15) is 0 Å². The van der Waals surface area contributed by atoms with Crippen molar-refractivity contribution in [3.8, 4) is 0 Å². The van der Waals surface area contributed by atoms with E-state index in [1.807, 2.05) is 0 Å². The van der Waals surface area contributed by atoms with Gasteiger partial charge in [0, 0.05) is 12.8 Å². The summed E-state index contributed by atoms with van der Waals surface area (Å²) < 4.78 is 11.1. The standard InChI is InChI=1S/C46H90N2O4.CH4/c1-4-7-10-11-12-13-14-18-28-42-51-45(49)35-23-19-25-37-47(40-30-41-48-38-26-27-39-48)36-24-17-15-16-22-34-46(50)52-43-29-33-44(31-20-8-5-2)32-21-9-6-3;/h44H,4-43H2,1-3H3;1H4. The normalized spacial score (nSPS) is 13.2. The van der Waals surface area contributed by atoms with Crippen molar-refractivity contribution in [1.82, 2.24) is 9.80 Å². The summed E-state index contributed by atoms with van der Waals surface area (Å²) in [5.74, 6) is 0.812. The van der Waals surface area contributed by atoms with E-state index < -0.39 is 0 Å². The van der Waals surface area contributed by atoms with Gasteiger partial charge in [0.05, 0.1) is 13.2 Å². The Morgan fingerprint density at radius 1 is 0.491 bits per heavy atom. The summed E-state index contributed by atoms with van der Waals surface area (Å²) in [6.45, 7) is 15.3. The van der Waals surface area contributed by atoms with Crippen LogP contribution in [0.1, 0.15) is 234 Å². The Labute approximate surface area is 332 Å². The number of carbonyl (C=O) groups is 2. The van der Waals surface area contributed by atoms with Gasteiger partial charge in [-0.1, -0.05) is 157 Å². The highest BCUT2D eigenvalue weighted by Crippen LogP contribution is 2.22. The molecule has 0 amide bonds. The molecule has 0 saturated carbocycles. The van der Waals surface area contributed by atoms with Crippen molar-refractivity contribution in [2.24, 2.45) is 5.92 Å². The van der Waals surface area contributed by atoms with Crippen molar-refractivity contribution >= 4 is 11.9 Å². The summed E-state index contributed by atoms with van der Waals surface area (Å²) in [5, 5.41) is 0. The van der Waals surface area contributed by atoms with Crippen LogP contribution in [-0.2, 0) is 19.1 Å². The van der Waals surface area contributed by atoms with Gasteiger partial charge < -0.3 is 19.3 Å². The van der Waals surface area contributed by atoms with Crippen molar-refractivity contribution in [1.29, 1.82) is 0 Å². The Morgan fingerprint density at radius 2 is 0.887 bits per heavy atom. The number of rotatable bonds is 40. The van der Waals surface area contributed by atoms with Gasteiger partial charge in [0.25, 0.3) is 0 Å². The Bertz CT molecular complexity index is 762. The minimum Gasteiger partial charge on any atom is -0.466 e. The molecule has 0 radical (unpaired) electrons. The average Bonchev–Trinajstić information content (AvgIpc) is 3.67. The molecular weight excluding hydrogens is 657 g/mol. The van der Waals surface area contributed by atoms with Crippen molar-refractivity contribution in [2.75, 3.05) is 52.5 Å². The number of hydrogen-bond donors (Lipinski definition) is 0. The molecule has 0 aromatic rings. The maximum absolute atomic E-state index is 12.3. The summed E-state index contributed by atoms with van der Waals surface area (Å²) in [4.78, 5) is 29.9. The summed E-state index contributed by atoms with van der Waals surface area (Å²) in [7, 11) is 0. The molecule has 1 fully saturated rings. The van der Waals surface area contributed by atoms with E-state index in [0.29, 0.717) is 26.1 Å². The van der Waals surface area contributed by atoms with Gasteiger partial charge in [-0.05, 0) is 109 Å². The smallest absolute Gasteiger partial charge is 0.305 e. The fraction of sp³-hybridized carbons (Fsp3) is 0.957. The predicted molar refractivity (Wildman–Crippen MR) is 230 cm³/mol. The molecule has 0 aromatic heterocycles. The summed E-state index contributed by atoms with van der Waals surface area (Å²) in [6, 6.07) is 0. The van der Waals surface area contributed by atoms with Crippen LogP contribution in [0.15, 0.2) is 0 Å². The van der Waals surface area contributed by atoms with Crippen molar-refractivity contribution < 1.29 is 19.1 Å². The fourth-order valence-electron chi connectivity index (χ4n) is 7.88. The number of ether oxygens (including phenoxy) is 2. The molecular formula is C47H94N2O4. The zero-order valence-corrected chi connectivity index (χ0v) is 35.4. The molecule has 1 aliphatic rings. The van der Waals surface area contributed by atoms with Crippen LogP contribution in [0.3, 0.4) is 0 Å². The molecule has 0 aromatic carbocycles. The van der Waals surface area contributed by atoms with Crippen LogP contribution in [0.5, 0.6) is 0 Å². The largest absolute Gasteiger partial charge is 0.466 e. The molecule has 0 unspecified atom stereocenters. The second-order valence-corrected chi connectivity index (χ2v) is 16.3. The van der Waals surface area contributed by atoms with E-state index in [0.717, 1.165) is 57.4 Å². The molecule has 53 heavy (non-hydrogen) atoms. The van der Waals surface area contributed by atoms with E-state index in [1.54, 1.807) is 0 Å². The Balaban J connectivity index is 0.0000270. The van der Waals surface area contributed by atoms with E-state index >= 15 is 0 Å². The van der Waals surface area contributed by atoms with Crippen molar-refractivity contribution in [3.63, 3.8) is 0 Å². The first kappa shape index (κ1) is 51.9. The minimum atomic E-state index is -0.00484. The number of likely N-dealkylation sites (tertiary alicyclic amines) is 1. The van der Waals surface area contributed by atoms with E-state index in [9.17, 15) is 9.59 Å². The van der Waals surface area contributed by atoms with E-state index in [-0.39, 0.29) is 19.4 Å². The lowest BCUT2D eigenvalue weighted by atomic mass is 9.91. The quantitative estimate of drug-likeness (QED) is 0.0459. The summed E-state index contributed by atoms with van der Waals surface area (Å²) in [6.07, 6.45) is 38.6. The monoisotopic (exact) mass is 751 g/mol. The molecule has 0 N–H and O–H groups in total. The second kappa shape index (κ2) is 40.5. The lowest BCUT2D eigenvalue weighted by Gasteiger charge is -2.24. The Morgan fingerprint density at radius 3 is 1.43 bits per heavy atom. The van der Waals surface area contributed by atoms with Crippen LogP contribution in [0, 0.1) is 5.92 Å². The number of carbonyl (C=O) groups excluding carboxylic acids is 2. The van der Waals surface area contributed by atoms with E-state index in [1.165, 1.54) is 180 Å². The highest BCUT2D eigenvalue weighted by atomic mass is 16.5. The van der Waals surface area contributed by atoms with Gasteiger partial charge in [-0.3, -0.25) is 9.59 Å². The zero-order valence-electron chi connectivity index (χ0n) is 35.4. The minimum absolute atomic E-state index is 0. The van der Waals surface area contributed by atoms with Crippen LogP contribution in [0.25, 0.3) is 0 Å². The van der Waals surface area contributed by atoms with Gasteiger partial charge in [-0.15, -0.1) is 0 Å². The van der Waals surface area contributed by atoms with E-state index in [2.05, 4.69) is 30.6 Å². The van der Waals surface area contributed by atoms with E-state index in [4.69, 9.17) is 9.47 Å². The first-order valence-corrected chi connectivity index (χ1v) is 23.3. The van der Waals surface area contributed by atoms with Gasteiger partial charge in [-0.25, -0.2) is 0 Å². The Hall–Kier alpha value is -1.14. The molecule has 1 aliphatic heterocycles. The third-order valence-corrected chi connectivity index (χ3v) is 11.3. The maximum Gasteiger partial charge on any atom is 0.305 e. The number of esters is 2. The zero-order chi connectivity index (χ0) is 37.6. The summed E-state index contributed by atoms with van der Waals surface area (Å²) >= 11 is 0. The van der Waals surface area contributed by atoms with Gasteiger partial charge in [0.2, 0.25) is 0 Å². The van der Waals surface area contributed by atoms with Crippen molar-refractivity contribution in [3.05, 3.63) is 0 Å². The molecule has 316 valence electrons. The third-order valence-electron chi connectivity index (χ3n) is 11.3. The Kier molecular flexibility index (Phi) is 39.6. The number of nitrogens with zero attached hydrogens (tertiary/aromatic N) is 2. The second-order valence-electron chi connectivity index (χ2n) is 16.3. The molecule has 6 heteroatoms.